The van der Waals surface area contributed by atoms with Gasteiger partial charge in [-0.3, -0.25) is 9.59 Å². The molecule has 2 aliphatic heterocycles. The number of hydrogen-bond donors (Lipinski definition) is 1. The zero-order valence-electron chi connectivity index (χ0n) is 14.8. The van der Waals surface area contributed by atoms with Crippen molar-refractivity contribution in [3.63, 3.8) is 0 Å². The third-order valence-corrected chi connectivity index (χ3v) is 6.41. The second-order valence-corrected chi connectivity index (χ2v) is 8.00. The number of carbonyl (C=O) groups is 2. The molecule has 6 nitrogen and oxygen atoms in total. The maximum absolute atomic E-state index is 12.5. The van der Waals surface area contributed by atoms with Gasteiger partial charge in [-0.2, -0.15) is 0 Å². The van der Waals surface area contributed by atoms with Crippen LogP contribution in [0.15, 0.2) is 18.2 Å². The minimum atomic E-state index is -0.351. The Hall–Kier alpha value is -1.89. The van der Waals surface area contributed by atoms with Crippen molar-refractivity contribution in [2.45, 2.75) is 37.1 Å². The quantitative estimate of drug-likeness (QED) is 0.834. The van der Waals surface area contributed by atoms with Gasteiger partial charge in [0.1, 0.15) is 6.04 Å². The molecule has 2 atom stereocenters. The van der Waals surface area contributed by atoms with E-state index in [1.54, 1.807) is 30.9 Å². The van der Waals surface area contributed by atoms with Gasteiger partial charge in [-0.05, 0) is 37.5 Å². The van der Waals surface area contributed by atoms with E-state index in [1.165, 1.54) is 0 Å². The maximum Gasteiger partial charge on any atom is 0.243 e. The van der Waals surface area contributed by atoms with E-state index in [9.17, 15) is 9.59 Å². The second-order valence-electron chi connectivity index (χ2n) is 6.50. The van der Waals surface area contributed by atoms with E-state index in [0.29, 0.717) is 36.6 Å². The Bertz CT molecular complexity index is 681. The second kappa shape index (κ2) is 7.15. The summed E-state index contributed by atoms with van der Waals surface area (Å²) in [4.78, 5) is 26.2. The largest absolute Gasteiger partial charge is 0.493 e. The summed E-state index contributed by atoms with van der Waals surface area (Å²) in [5.41, 5.74) is 1.06. The number of rotatable bonds is 6. The van der Waals surface area contributed by atoms with Crippen LogP contribution in [-0.4, -0.2) is 54.1 Å². The minimum Gasteiger partial charge on any atom is -0.493 e. The van der Waals surface area contributed by atoms with Crippen molar-refractivity contribution in [2.24, 2.45) is 0 Å². The van der Waals surface area contributed by atoms with Gasteiger partial charge in [0, 0.05) is 18.7 Å². The predicted octanol–water partition coefficient (Wildman–Crippen LogP) is 1.82. The lowest BCUT2D eigenvalue weighted by atomic mass is 10.1. The predicted molar refractivity (Wildman–Crippen MR) is 97.0 cm³/mol. The highest BCUT2D eigenvalue weighted by Gasteiger charge is 2.52. The summed E-state index contributed by atoms with van der Waals surface area (Å²) in [7, 11) is 3.20. The van der Waals surface area contributed by atoms with Crippen molar-refractivity contribution >= 4 is 23.6 Å². The molecule has 0 spiro atoms. The van der Waals surface area contributed by atoms with Gasteiger partial charge in [0.2, 0.25) is 11.8 Å². The van der Waals surface area contributed by atoms with Gasteiger partial charge in [0.25, 0.3) is 0 Å². The Labute approximate surface area is 152 Å². The SMILES string of the molecule is COc1ccc(CCNC(=O)[C@@H]2CS[C@@]3(C)CCC(=O)N23)cc1OC. The van der Waals surface area contributed by atoms with E-state index in [-0.39, 0.29) is 22.7 Å². The number of nitrogens with zero attached hydrogens (tertiary/aromatic N) is 1. The van der Waals surface area contributed by atoms with E-state index in [1.807, 2.05) is 18.2 Å². The van der Waals surface area contributed by atoms with Gasteiger partial charge in [0.05, 0.1) is 19.1 Å². The highest BCUT2D eigenvalue weighted by atomic mass is 32.2. The third-order valence-electron chi connectivity index (χ3n) is 4.91. The van der Waals surface area contributed by atoms with Gasteiger partial charge < -0.3 is 19.7 Å². The first kappa shape index (κ1) is 17.9. The molecule has 0 bridgehead atoms. The summed E-state index contributed by atoms with van der Waals surface area (Å²) >= 11 is 1.71. The van der Waals surface area contributed by atoms with Crippen LogP contribution < -0.4 is 14.8 Å². The van der Waals surface area contributed by atoms with E-state index in [4.69, 9.17) is 9.47 Å². The molecule has 0 unspecified atom stereocenters. The van der Waals surface area contributed by atoms with Crippen molar-refractivity contribution in [1.29, 1.82) is 0 Å². The average molecular weight is 364 g/mol. The number of benzene rings is 1. The number of thioether (sulfide) groups is 1. The lowest BCUT2D eigenvalue weighted by molar-refractivity contribution is -0.137. The molecule has 2 amide bonds. The maximum atomic E-state index is 12.5. The Kier molecular flexibility index (Phi) is 5.13. The zero-order chi connectivity index (χ0) is 18.0. The Balaban J connectivity index is 1.56. The topological polar surface area (TPSA) is 67.9 Å². The number of amides is 2. The van der Waals surface area contributed by atoms with Crippen LogP contribution in [0.5, 0.6) is 11.5 Å². The summed E-state index contributed by atoms with van der Waals surface area (Å²) in [6.07, 6.45) is 2.06. The fraction of sp³-hybridized carbons (Fsp3) is 0.556. The molecule has 2 saturated heterocycles. The highest BCUT2D eigenvalue weighted by molar-refractivity contribution is 8.01. The first-order chi connectivity index (χ1) is 12.0. The molecule has 7 heteroatoms. The Morgan fingerprint density at radius 2 is 2.12 bits per heavy atom. The average Bonchev–Trinajstić information content (AvgIpc) is 3.11. The van der Waals surface area contributed by atoms with Crippen molar-refractivity contribution in [3.8, 4) is 11.5 Å². The van der Waals surface area contributed by atoms with Crippen molar-refractivity contribution < 1.29 is 19.1 Å². The van der Waals surface area contributed by atoms with E-state index in [0.717, 1.165) is 12.0 Å². The molecule has 1 N–H and O–H groups in total. The van der Waals surface area contributed by atoms with Crippen LogP contribution in [-0.2, 0) is 16.0 Å². The number of methoxy groups -OCH3 is 2. The fourth-order valence-electron chi connectivity index (χ4n) is 3.50. The van der Waals surface area contributed by atoms with E-state index in [2.05, 4.69) is 12.2 Å². The molecule has 25 heavy (non-hydrogen) atoms. The number of fused-ring (bicyclic) bond motifs is 1. The normalized spacial score (nSPS) is 25.0. The first-order valence-corrected chi connectivity index (χ1v) is 9.42. The summed E-state index contributed by atoms with van der Waals surface area (Å²) < 4.78 is 10.5. The molecule has 3 rings (SSSR count). The van der Waals surface area contributed by atoms with Crippen LogP contribution >= 0.6 is 11.8 Å². The molecule has 0 saturated carbocycles. The molecule has 1 aromatic rings. The van der Waals surface area contributed by atoms with Crippen LogP contribution in [0.2, 0.25) is 0 Å². The van der Waals surface area contributed by atoms with Crippen molar-refractivity contribution in [2.75, 3.05) is 26.5 Å². The molecular weight excluding hydrogens is 340 g/mol. The molecular formula is C18H24N2O4S. The van der Waals surface area contributed by atoms with Gasteiger partial charge in [-0.25, -0.2) is 0 Å². The monoisotopic (exact) mass is 364 g/mol. The van der Waals surface area contributed by atoms with Crippen LogP contribution in [0.1, 0.15) is 25.3 Å². The standard InChI is InChI=1S/C18H24N2O4S/c1-18-8-6-16(21)20(18)13(11-25-18)17(22)19-9-7-12-4-5-14(23-2)15(10-12)24-3/h4-5,10,13H,6-9,11H2,1-3H3,(H,19,22)/t13-,18-/m0/s1. The first-order valence-electron chi connectivity index (χ1n) is 8.43. The number of ether oxygens (including phenoxy) is 2. The Morgan fingerprint density at radius 3 is 2.84 bits per heavy atom. The summed E-state index contributed by atoms with van der Waals surface area (Å²) in [5, 5.41) is 2.97. The van der Waals surface area contributed by atoms with E-state index < -0.39 is 0 Å². The van der Waals surface area contributed by atoms with Gasteiger partial charge in [-0.15, -0.1) is 11.8 Å². The molecule has 0 radical (unpaired) electrons. The Morgan fingerprint density at radius 1 is 1.36 bits per heavy atom. The molecule has 2 heterocycles. The van der Waals surface area contributed by atoms with Gasteiger partial charge >= 0.3 is 0 Å². The summed E-state index contributed by atoms with van der Waals surface area (Å²) in [6.45, 7) is 2.58. The fourth-order valence-corrected chi connectivity index (χ4v) is 4.93. The summed E-state index contributed by atoms with van der Waals surface area (Å²) in [6, 6.07) is 5.38. The number of nitrogens with one attached hydrogen (secondary N) is 1. The lowest BCUT2D eigenvalue weighted by Crippen LogP contribution is -2.50. The molecule has 1 aromatic carbocycles. The van der Waals surface area contributed by atoms with Crippen LogP contribution in [0.3, 0.4) is 0 Å². The van der Waals surface area contributed by atoms with Crippen LogP contribution in [0.25, 0.3) is 0 Å². The van der Waals surface area contributed by atoms with Crippen molar-refractivity contribution in [1.82, 2.24) is 10.2 Å². The minimum absolute atomic E-state index is 0.0630. The van der Waals surface area contributed by atoms with Crippen LogP contribution in [0.4, 0.5) is 0 Å². The molecule has 2 aliphatic rings. The van der Waals surface area contributed by atoms with E-state index >= 15 is 0 Å². The zero-order valence-corrected chi connectivity index (χ0v) is 15.6. The number of hydrogen-bond acceptors (Lipinski definition) is 5. The molecule has 2 fully saturated rings. The van der Waals surface area contributed by atoms with Gasteiger partial charge in [-0.1, -0.05) is 6.07 Å². The third kappa shape index (κ3) is 3.42. The van der Waals surface area contributed by atoms with Crippen molar-refractivity contribution in [3.05, 3.63) is 23.8 Å². The van der Waals surface area contributed by atoms with Gasteiger partial charge in [0.15, 0.2) is 11.5 Å². The smallest absolute Gasteiger partial charge is 0.243 e. The molecule has 0 aliphatic carbocycles. The number of carbonyl (C=O) groups excluding carboxylic acids is 2. The molecule has 136 valence electrons. The van der Waals surface area contributed by atoms with Crippen LogP contribution in [0, 0.1) is 0 Å². The summed E-state index contributed by atoms with van der Waals surface area (Å²) in [5.74, 6) is 2.06. The molecule has 0 aromatic heterocycles. The lowest BCUT2D eigenvalue weighted by Gasteiger charge is -2.29. The highest BCUT2D eigenvalue weighted by Crippen LogP contribution is 2.47.